The zero-order chi connectivity index (χ0) is 15.9. The average Bonchev–Trinajstić information content (AvgIpc) is 2.74. The number of carbonyl (C=O) groups is 1. The summed E-state index contributed by atoms with van der Waals surface area (Å²) in [6.45, 7) is 0. The topological polar surface area (TPSA) is 59.4 Å². The smallest absolute Gasteiger partial charge is 0.433 e. The first-order valence-corrected chi connectivity index (χ1v) is 6.15. The zero-order valence-corrected chi connectivity index (χ0v) is 10.9. The molecular weight excluding hydrogens is 299 g/mol. The number of aromatic nitrogens is 1. The van der Waals surface area contributed by atoms with E-state index in [-0.39, 0.29) is 22.8 Å². The molecule has 7 heteroatoms. The Morgan fingerprint density at radius 1 is 1.18 bits per heavy atom. The lowest BCUT2D eigenvalue weighted by atomic mass is 10.1. The molecule has 0 radical (unpaired) electrons. The van der Waals surface area contributed by atoms with Crippen molar-refractivity contribution in [1.82, 2.24) is 4.98 Å². The number of fused-ring (bicyclic) bond motifs is 1. The molecule has 0 bridgehead atoms. The second kappa shape index (κ2) is 4.87. The van der Waals surface area contributed by atoms with Gasteiger partial charge < -0.3 is 9.84 Å². The number of alkyl halides is 3. The standard InChI is InChI=1S/C15H8F3NO3/c16-15(17,18)13-4-1-8(7-19-13)5-12-14(21)10-3-2-9(20)6-11(10)22-12/h1-7,20H/b12-5-. The molecule has 0 amide bonds. The highest BCUT2D eigenvalue weighted by molar-refractivity contribution is 6.14. The Morgan fingerprint density at radius 3 is 2.59 bits per heavy atom. The molecule has 0 fully saturated rings. The number of hydrogen-bond donors (Lipinski definition) is 1. The number of hydrogen-bond acceptors (Lipinski definition) is 4. The molecule has 0 saturated heterocycles. The summed E-state index contributed by atoms with van der Waals surface area (Å²) >= 11 is 0. The maximum Gasteiger partial charge on any atom is 0.433 e. The number of benzene rings is 1. The Morgan fingerprint density at radius 2 is 1.95 bits per heavy atom. The van der Waals surface area contributed by atoms with Crippen molar-refractivity contribution in [3.63, 3.8) is 0 Å². The van der Waals surface area contributed by atoms with Crippen molar-refractivity contribution in [3.05, 3.63) is 59.1 Å². The fraction of sp³-hybridized carbons (Fsp3) is 0.0667. The molecule has 1 aromatic carbocycles. The molecule has 4 nitrogen and oxygen atoms in total. The van der Waals surface area contributed by atoms with Gasteiger partial charge in [0.1, 0.15) is 17.2 Å². The number of Topliss-reactive ketones (excluding diaryl/α,β-unsaturated/α-hetero) is 1. The third-order valence-corrected chi connectivity index (χ3v) is 3.03. The lowest BCUT2D eigenvalue weighted by Gasteiger charge is -2.05. The predicted octanol–water partition coefficient (Wildman–Crippen LogP) is 3.42. The second-order valence-corrected chi connectivity index (χ2v) is 4.59. The molecule has 1 aliphatic rings. The summed E-state index contributed by atoms with van der Waals surface area (Å²) in [6.07, 6.45) is -2.21. The van der Waals surface area contributed by atoms with E-state index in [4.69, 9.17) is 4.74 Å². The molecule has 0 atom stereocenters. The van der Waals surface area contributed by atoms with Gasteiger partial charge >= 0.3 is 6.18 Å². The van der Waals surface area contributed by atoms with Crippen LogP contribution in [-0.2, 0) is 6.18 Å². The fourth-order valence-corrected chi connectivity index (χ4v) is 1.99. The minimum absolute atomic E-state index is 0.0397. The Hall–Kier alpha value is -2.83. The van der Waals surface area contributed by atoms with Crippen LogP contribution in [0.4, 0.5) is 13.2 Å². The maximum atomic E-state index is 12.4. The van der Waals surface area contributed by atoms with Gasteiger partial charge in [-0.2, -0.15) is 13.2 Å². The molecule has 2 aromatic rings. The highest BCUT2D eigenvalue weighted by Gasteiger charge is 2.32. The van der Waals surface area contributed by atoms with Gasteiger partial charge in [-0.05, 0) is 29.8 Å². The number of halogens is 3. The molecule has 1 aromatic heterocycles. The zero-order valence-electron chi connectivity index (χ0n) is 10.9. The number of phenolic OH excluding ortho intramolecular Hbond substituents is 1. The summed E-state index contributed by atoms with van der Waals surface area (Å²) in [7, 11) is 0. The van der Waals surface area contributed by atoms with E-state index >= 15 is 0 Å². The number of phenols is 1. The third kappa shape index (κ3) is 2.52. The molecule has 1 aliphatic heterocycles. The Bertz CT molecular complexity index is 780. The van der Waals surface area contributed by atoms with Gasteiger partial charge in [0.15, 0.2) is 5.76 Å². The van der Waals surface area contributed by atoms with E-state index in [0.717, 1.165) is 12.3 Å². The molecule has 3 rings (SSSR count). The second-order valence-electron chi connectivity index (χ2n) is 4.59. The normalized spacial score (nSPS) is 15.8. The van der Waals surface area contributed by atoms with Crippen molar-refractivity contribution in [2.45, 2.75) is 6.18 Å². The van der Waals surface area contributed by atoms with E-state index in [2.05, 4.69) is 4.98 Å². The number of pyridine rings is 1. The van der Waals surface area contributed by atoms with E-state index in [1.807, 2.05) is 0 Å². The third-order valence-electron chi connectivity index (χ3n) is 3.03. The summed E-state index contributed by atoms with van der Waals surface area (Å²) in [6, 6.07) is 6.07. The van der Waals surface area contributed by atoms with E-state index < -0.39 is 17.7 Å². The number of rotatable bonds is 1. The maximum absolute atomic E-state index is 12.4. The number of carbonyl (C=O) groups excluding carboxylic acids is 1. The van der Waals surface area contributed by atoms with Crippen LogP contribution in [-0.4, -0.2) is 15.9 Å². The van der Waals surface area contributed by atoms with Gasteiger partial charge in [-0.15, -0.1) is 0 Å². The first-order valence-electron chi connectivity index (χ1n) is 6.15. The molecule has 0 unspecified atom stereocenters. The lowest BCUT2D eigenvalue weighted by molar-refractivity contribution is -0.141. The average molecular weight is 307 g/mol. The Kier molecular flexibility index (Phi) is 3.13. The molecule has 112 valence electrons. The van der Waals surface area contributed by atoms with Crippen LogP contribution in [0, 0.1) is 0 Å². The van der Waals surface area contributed by atoms with Gasteiger partial charge in [-0.3, -0.25) is 9.78 Å². The summed E-state index contributed by atoms with van der Waals surface area (Å²) in [4.78, 5) is 15.4. The van der Waals surface area contributed by atoms with Crippen LogP contribution in [0.2, 0.25) is 0 Å². The Labute approximate surface area is 122 Å². The van der Waals surface area contributed by atoms with E-state index in [1.54, 1.807) is 0 Å². The molecular formula is C15H8F3NO3. The fourth-order valence-electron chi connectivity index (χ4n) is 1.99. The molecule has 2 heterocycles. The number of allylic oxidation sites excluding steroid dienone is 1. The van der Waals surface area contributed by atoms with Crippen molar-refractivity contribution in [2.24, 2.45) is 0 Å². The molecule has 0 spiro atoms. The van der Waals surface area contributed by atoms with Gasteiger partial charge in [0.25, 0.3) is 0 Å². The van der Waals surface area contributed by atoms with E-state index in [0.29, 0.717) is 5.56 Å². The van der Waals surface area contributed by atoms with Crippen molar-refractivity contribution >= 4 is 11.9 Å². The number of ketones is 1. The van der Waals surface area contributed by atoms with Crippen LogP contribution in [0.5, 0.6) is 11.5 Å². The van der Waals surface area contributed by atoms with Crippen LogP contribution in [0.1, 0.15) is 21.6 Å². The van der Waals surface area contributed by atoms with E-state index in [1.165, 1.54) is 30.3 Å². The van der Waals surface area contributed by atoms with Gasteiger partial charge in [-0.1, -0.05) is 6.07 Å². The van der Waals surface area contributed by atoms with Crippen molar-refractivity contribution in [1.29, 1.82) is 0 Å². The minimum atomic E-state index is -4.51. The van der Waals surface area contributed by atoms with Crippen LogP contribution in [0.15, 0.2) is 42.3 Å². The lowest BCUT2D eigenvalue weighted by Crippen LogP contribution is -2.07. The highest BCUT2D eigenvalue weighted by Crippen LogP contribution is 2.34. The number of nitrogens with zero attached hydrogens (tertiary/aromatic N) is 1. The monoisotopic (exact) mass is 307 g/mol. The molecule has 0 saturated carbocycles. The van der Waals surface area contributed by atoms with Crippen molar-refractivity contribution < 1.29 is 27.8 Å². The van der Waals surface area contributed by atoms with E-state index in [9.17, 15) is 23.1 Å². The predicted molar refractivity (Wildman–Crippen MR) is 70.3 cm³/mol. The van der Waals surface area contributed by atoms with Crippen molar-refractivity contribution in [2.75, 3.05) is 0 Å². The van der Waals surface area contributed by atoms with Crippen LogP contribution in [0.25, 0.3) is 6.08 Å². The first kappa shape index (κ1) is 14.1. The van der Waals surface area contributed by atoms with Gasteiger partial charge in [0.05, 0.1) is 5.56 Å². The summed E-state index contributed by atoms with van der Waals surface area (Å²) in [5.41, 5.74) is -0.432. The van der Waals surface area contributed by atoms with Gasteiger partial charge in [-0.25, -0.2) is 0 Å². The van der Waals surface area contributed by atoms with Crippen LogP contribution < -0.4 is 4.74 Å². The molecule has 1 N–H and O–H groups in total. The van der Waals surface area contributed by atoms with Crippen molar-refractivity contribution in [3.8, 4) is 11.5 Å². The van der Waals surface area contributed by atoms with Gasteiger partial charge in [0, 0.05) is 12.3 Å². The molecule has 22 heavy (non-hydrogen) atoms. The minimum Gasteiger partial charge on any atom is -0.508 e. The van der Waals surface area contributed by atoms with Crippen LogP contribution in [0.3, 0.4) is 0 Å². The summed E-state index contributed by atoms with van der Waals surface area (Å²) in [5.74, 6) is -0.294. The van der Waals surface area contributed by atoms with Crippen LogP contribution >= 0.6 is 0 Å². The van der Waals surface area contributed by atoms with Gasteiger partial charge in [0.2, 0.25) is 5.78 Å². The highest BCUT2D eigenvalue weighted by atomic mass is 19.4. The number of aromatic hydroxyl groups is 1. The quantitative estimate of drug-likeness (QED) is 0.820. The largest absolute Gasteiger partial charge is 0.508 e. The number of ether oxygens (including phenoxy) is 1. The Balaban J connectivity index is 1.90. The first-order chi connectivity index (χ1) is 10.3. The SMILES string of the molecule is O=C1/C(=C/c2ccc(C(F)(F)F)nc2)Oc2cc(O)ccc21. The summed E-state index contributed by atoms with van der Waals surface area (Å²) in [5, 5.41) is 9.34. The summed E-state index contributed by atoms with van der Waals surface area (Å²) < 4.78 is 42.6. The molecule has 0 aliphatic carbocycles.